The smallest absolute Gasteiger partial charge is 0.329 e. The van der Waals surface area contributed by atoms with Crippen LogP contribution >= 0.6 is 23.2 Å². The molecule has 1 aliphatic carbocycles. The minimum absolute atomic E-state index is 0.0717. The Balaban J connectivity index is 1.32. The zero-order valence-corrected chi connectivity index (χ0v) is 22.7. The average molecular weight is 524 g/mol. The van der Waals surface area contributed by atoms with Crippen molar-refractivity contribution in [3.05, 3.63) is 32.7 Å². The van der Waals surface area contributed by atoms with Crippen LogP contribution in [0.2, 0.25) is 10.0 Å². The first-order chi connectivity index (χ1) is 16.9. The molecule has 35 heavy (non-hydrogen) atoms. The molecule has 5 rings (SSSR count). The summed E-state index contributed by atoms with van der Waals surface area (Å²) in [6.07, 6.45) is 7.37. The molecule has 3 fully saturated rings. The Morgan fingerprint density at radius 3 is 2.11 bits per heavy atom. The molecule has 0 N–H and O–H groups in total. The molecule has 1 saturated carbocycles. The van der Waals surface area contributed by atoms with E-state index in [1.807, 2.05) is 21.3 Å². The number of ether oxygens (including phenoxy) is 1. The van der Waals surface area contributed by atoms with Gasteiger partial charge in [-0.15, -0.1) is 0 Å². The number of nitrogens with zero attached hydrogens (tertiary/aromatic N) is 4. The normalized spacial score (nSPS) is 25.6. The number of aromatic nitrogens is 2. The first-order valence-electron chi connectivity index (χ1n) is 13.6. The molecule has 2 aliphatic heterocycles. The predicted octanol–water partition coefficient (Wildman–Crippen LogP) is 5.29. The van der Waals surface area contributed by atoms with E-state index in [2.05, 4.69) is 23.6 Å². The highest BCUT2D eigenvalue weighted by Crippen LogP contribution is 2.36. The van der Waals surface area contributed by atoms with E-state index < -0.39 is 0 Å². The van der Waals surface area contributed by atoms with Gasteiger partial charge in [-0.05, 0) is 62.5 Å². The summed E-state index contributed by atoms with van der Waals surface area (Å²) >= 11 is 12.8. The number of benzene rings is 1. The summed E-state index contributed by atoms with van der Waals surface area (Å²) in [5, 5.41) is 1.01. The van der Waals surface area contributed by atoms with E-state index in [0.717, 1.165) is 81.6 Å². The summed E-state index contributed by atoms with van der Waals surface area (Å²) in [6.45, 7) is 11.7. The molecule has 3 aliphatic rings. The van der Waals surface area contributed by atoms with Crippen LogP contribution in [0.4, 0.5) is 0 Å². The highest BCUT2D eigenvalue weighted by Gasteiger charge is 2.32. The molecule has 6 nitrogen and oxygen atoms in total. The number of likely N-dealkylation sites (tertiary alicyclic amines) is 1. The van der Waals surface area contributed by atoms with Gasteiger partial charge in [-0.25, -0.2) is 4.79 Å². The summed E-state index contributed by atoms with van der Waals surface area (Å²) in [7, 11) is 0. The first-order valence-corrected chi connectivity index (χ1v) is 14.3. The van der Waals surface area contributed by atoms with E-state index in [0.29, 0.717) is 22.6 Å². The van der Waals surface area contributed by atoms with Gasteiger partial charge in [0.2, 0.25) is 0 Å². The van der Waals surface area contributed by atoms with Crippen LogP contribution in [0.25, 0.3) is 11.0 Å². The predicted molar refractivity (Wildman–Crippen MR) is 144 cm³/mol. The maximum Gasteiger partial charge on any atom is 0.329 e. The standard InChI is InChI=1S/C27H40Cl2N4O2/c1-19(2)20-3-5-21(6-4-20)31-9-7-22(8-10-31)33-26-18-24(29)23(28)17-25(26)32(27(33)34)12-11-30-13-15-35-16-14-30/h17-22H,3-16H2,1-2H3/t20-,21+. The van der Waals surface area contributed by atoms with Crippen molar-refractivity contribution in [3.8, 4) is 0 Å². The van der Waals surface area contributed by atoms with Crippen LogP contribution in [0.15, 0.2) is 16.9 Å². The molecule has 0 spiro atoms. The summed E-state index contributed by atoms with van der Waals surface area (Å²) in [4.78, 5) is 18.8. The maximum absolute atomic E-state index is 13.7. The van der Waals surface area contributed by atoms with Gasteiger partial charge in [0.15, 0.2) is 0 Å². The number of fused-ring (bicyclic) bond motifs is 1. The van der Waals surface area contributed by atoms with Gasteiger partial charge in [-0.3, -0.25) is 14.0 Å². The number of piperidine rings is 1. The van der Waals surface area contributed by atoms with Gasteiger partial charge in [-0.1, -0.05) is 37.0 Å². The molecule has 1 aromatic heterocycles. The Morgan fingerprint density at radius 1 is 0.857 bits per heavy atom. The third-order valence-electron chi connectivity index (χ3n) is 8.81. The van der Waals surface area contributed by atoms with Gasteiger partial charge in [0, 0.05) is 51.4 Å². The number of halogens is 2. The number of hydrogen-bond donors (Lipinski definition) is 0. The second kappa shape index (κ2) is 11.1. The summed E-state index contributed by atoms with van der Waals surface area (Å²) < 4.78 is 9.40. The van der Waals surface area contributed by atoms with Crippen LogP contribution in [0.5, 0.6) is 0 Å². The van der Waals surface area contributed by atoms with Crippen LogP contribution in [0, 0.1) is 11.8 Å². The van der Waals surface area contributed by atoms with Crippen molar-refractivity contribution in [3.63, 3.8) is 0 Å². The SMILES string of the molecule is CC(C)[C@H]1CC[C@@H](N2CCC(n3c(=O)n(CCN4CCOCC4)c4cc(Cl)c(Cl)cc43)CC2)CC1. The third-order valence-corrected chi connectivity index (χ3v) is 9.54. The van der Waals surface area contributed by atoms with Crippen molar-refractivity contribution in [1.29, 1.82) is 0 Å². The number of hydrogen-bond acceptors (Lipinski definition) is 4. The monoisotopic (exact) mass is 522 g/mol. The van der Waals surface area contributed by atoms with Crippen molar-refractivity contribution in [2.24, 2.45) is 11.8 Å². The largest absolute Gasteiger partial charge is 0.379 e. The molecule has 194 valence electrons. The van der Waals surface area contributed by atoms with E-state index in [9.17, 15) is 4.79 Å². The Labute approximate surface area is 219 Å². The zero-order valence-electron chi connectivity index (χ0n) is 21.2. The fourth-order valence-corrected chi connectivity index (χ4v) is 6.86. The van der Waals surface area contributed by atoms with Crippen molar-refractivity contribution < 1.29 is 4.74 Å². The molecule has 2 saturated heterocycles. The van der Waals surface area contributed by atoms with Crippen molar-refractivity contribution in [2.45, 2.75) is 71.0 Å². The van der Waals surface area contributed by atoms with Crippen LogP contribution < -0.4 is 5.69 Å². The van der Waals surface area contributed by atoms with E-state index in [4.69, 9.17) is 27.9 Å². The molecule has 0 bridgehead atoms. The van der Waals surface area contributed by atoms with E-state index in [-0.39, 0.29) is 11.7 Å². The molecule has 0 radical (unpaired) electrons. The lowest BCUT2D eigenvalue weighted by Crippen LogP contribution is -2.45. The van der Waals surface area contributed by atoms with Gasteiger partial charge >= 0.3 is 5.69 Å². The quantitative estimate of drug-likeness (QED) is 0.516. The molecule has 1 aromatic carbocycles. The number of morpholine rings is 1. The molecule has 3 heterocycles. The van der Waals surface area contributed by atoms with Gasteiger partial charge in [-0.2, -0.15) is 0 Å². The molecule has 0 amide bonds. The van der Waals surface area contributed by atoms with Crippen molar-refractivity contribution >= 4 is 34.2 Å². The summed E-state index contributed by atoms with van der Waals surface area (Å²) in [6, 6.07) is 4.69. The highest BCUT2D eigenvalue weighted by molar-refractivity contribution is 6.42. The molecular weight excluding hydrogens is 483 g/mol. The number of imidazole rings is 1. The lowest BCUT2D eigenvalue weighted by atomic mass is 9.79. The fraction of sp³-hybridized carbons (Fsp3) is 0.741. The van der Waals surface area contributed by atoms with E-state index >= 15 is 0 Å². The van der Waals surface area contributed by atoms with Crippen LogP contribution in [-0.4, -0.2) is 70.9 Å². The maximum atomic E-state index is 13.7. The average Bonchev–Trinajstić information content (AvgIpc) is 3.13. The van der Waals surface area contributed by atoms with E-state index in [1.165, 1.54) is 25.7 Å². The molecule has 2 aromatic rings. The molecule has 8 heteroatoms. The highest BCUT2D eigenvalue weighted by atomic mass is 35.5. The zero-order chi connectivity index (χ0) is 24.5. The van der Waals surface area contributed by atoms with Gasteiger partial charge in [0.1, 0.15) is 0 Å². The van der Waals surface area contributed by atoms with Gasteiger partial charge in [0.25, 0.3) is 0 Å². The summed E-state index contributed by atoms with van der Waals surface area (Å²) in [5.41, 5.74) is 1.89. The van der Waals surface area contributed by atoms with Crippen LogP contribution in [0.1, 0.15) is 58.4 Å². The first kappa shape index (κ1) is 25.6. The van der Waals surface area contributed by atoms with Crippen LogP contribution in [0.3, 0.4) is 0 Å². The minimum Gasteiger partial charge on any atom is -0.379 e. The van der Waals surface area contributed by atoms with E-state index in [1.54, 1.807) is 0 Å². The Morgan fingerprint density at radius 2 is 1.49 bits per heavy atom. The molecular formula is C27H40Cl2N4O2. The van der Waals surface area contributed by atoms with Crippen molar-refractivity contribution in [1.82, 2.24) is 18.9 Å². The molecule has 0 atom stereocenters. The lowest BCUT2D eigenvalue weighted by molar-refractivity contribution is 0.0363. The second-order valence-electron chi connectivity index (χ2n) is 11.1. The summed E-state index contributed by atoms with van der Waals surface area (Å²) in [5.74, 6) is 1.69. The van der Waals surface area contributed by atoms with Gasteiger partial charge in [0.05, 0.1) is 34.3 Å². The Bertz CT molecular complexity index is 1060. The minimum atomic E-state index is 0.0717. The Hall–Kier alpha value is -1.05. The van der Waals surface area contributed by atoms with Gasteiger partial charge < -0.3 is 9.64 Å². The third kappa shape index (κ3) is 5.47. The van der Waals surface area contributed by atoms with Crippen LogP contribution in [-0.2, 0) is 11.3 Å². The fourth-order valence-electron chi connectivity index (χ4n) is 6.55. The topological polar surface area (TPSA) is 42.6 Å². The second-order valence-corrected chi connectivity index (χ2v) is 11.9. The molecule has 0 unspecified atom stereocenters. The number of rotatable bonds is 6. The van der Waals surface area contributed by atoms with Crippen molar-refractivity contribution in [2.75, 3.05) is 45.9 Å². The Kier molecular flexibility index (Phi) is 8.15. The lowest BCUT2D eigenvalue weighted by Gasteiger charge is -2.41.